The topological polar surface area (TPSA) is 69.7 Å². The average Bonchev–Trinajstić information content (AvgIpc) is 2.83. The van der Waals surface area contributed by atoms with E-state index in [0.717, 1.165) is 19.6 Å². The molecule has 6 nitrogen and oxygen atoms in total. The van der Waals surface area contributed by atoms with Gasteiger partial charge in [-0.25, -0.2) is 8.42 Å². The van der Waals surface area contributed by atoms with E-state index in [9.17, 15) is 13.2 Å². The standard InChI is InChI=1S/C14H25N3O3S/c1-11-8-16-5-2-3-13(16)9-17(11)14(18)7-12-10-21(19,20)6-4-15-12/h11-13,15H,2-10H2,1H3. The van der Waals surface area contributed by atoms with Gasteiger partial charge in [0.05, 0.1) is 11.5 Å². The summed E-state index contributed by atoms with van der Waals surface area (Å²) in [6.07, 6.45) is 2.70. The number of hydrogen-bond donors (Lipinski definition) is 1. The monoisotopic (exact) mass is 315 g/mol. The van der Waals surface area contributed by atoms with E-state index in [2.05, 4.69) is 17.1 Å². The lowest BCUT2D eigenvalue weighted by Gasteiger charge is -2.43. The number of rotatable bonds is 2. The van der Waals surface area contributed by atoms with Crippen molar-refractivity contribution in [2.24, 2.45) is 0 Å². The van der Waals surface area contributed by atoms with Crippen molar-refractivity contribution in [3.63, 3.8) is 0 Å². The van der Waals surface area contributed by atoms with E-state index in [-0.39, 0.29) is 29.5 Å². The Morgan fingerprint density at radius 2 is 2.14 bits per heavy atom. The Labute approximate surface area is 126 Å². The van der Waals surface area contributed by atoms with E-state index in [1.807, 2.05) is 4.90 Å². The first-order valence-electron chi connectivity index (χ1n) is 7.92. The fraction of sp³-hybridized carbons (Fsp3) is 0.929. The lowest BCUT2D eigenvalue weighted by Crippen LogP contribution is -2.58. The molecule has 120 valence electrons. The predicted molar refractivity (Wildman–Crippen MR) is 80.8 cm³/mol. The van der Waals surface area contributed by atoms with Crippen molar-refractivity contribution in [3.8, 4) is 0 Å². The van der Waals surface area contributed by atoms with Crippen LogP contribution in [0.1, 0.15) is 26.2 Å². The highest BCUT2D eigenvalue weighted by molar-refractivity contribution is 7.91. The van der Waals surface area contributed by atoms with Crippen molar-refractivity contribution in [1.82, 2.24) is 15.1 Å². The Bertz CT molecular complexity index is 508. The molecule has 3 aliphatic rings. The van der Waals surface area contributed by atoms with E-state index >= 15 is 0 Å². The Balaban J connectivity index is 1.59. The van der Waals surface area contributed by atoms with E-state index in [0.29, 0.717) is 19.0 Å². The lowest BCUT2D eigenvalue weighted by molar-refractivity contribution is -0.137. The summed E-state index contributed by atoms with van der Waals surface area (Å²) in [5, 5.41) is 3.17. The molecule has 3 fully saturated rings. The molecule has 0 saturated carbocycles. The molecule has 0 spiro atoms. The molecule has 0 radical (unpaired) electrons. The second-order valence-corrected chi connectivity index (χ2v) is 8.88. The van der Waals surface area contributed by atoms with Gasteiger partial charge in [0.1, 0.15) is 0 Å². The number of nitrogens with one attached hydrogen (secondary N) is 1. The highest BCUT2D eigenvalue weighted by Crippen LogP contribution is 2.25. The van der Waals surface area contributed by atoms with Gasteiger partial charge in [-0.3, -0.25) is 9.69 Å². The van der Waals surface area contributed by atoms with E-state index in [1.165, 1.54) is 12.8 Å². The molecular formula is C14H25N3O3S. The molecule has 3 heterocycles. The molecule has 0 aromatic rings. The zero-order valence-electron chi connectivity index (χ0n) is 12.6. The van der Waals surface area contributed by atoms with Gasteiger partial charge in [-0.2, -0.15) is 0 Å². The van der Waals surface area contributed by atoms with Crippen LogP contribution < -0.4 is 5.32 Å². The van der Waals surface area contributed by atoms with Gasteiger partial charge in [-0.1, -0.05) is 0 Å². The summed E-state index contributed by atoms with van der Waals surface area (Å²) in [7, 11) is -2.98. The van der Waals surface area contributed by atoms with Crippen LogP contribution in [0.2, 0.25) is 0 Å². The summed E-state index contributed by atoms with van der Waals surface area (Å²) in [4.78, 5) is 17.0. The van der Waals surface area contributed by atoms with Crippen LogP contribution in [-0.2, 0) is 14.6 Å². The first kappa shape index (κ1) is 15.2. The maximum Gasteiger partial charge on any atom is 0.224 e. The molecule has 21 heavy (non-hydrogen) atoms. The first-order chi connectivity index (χ1) is 9.94. The molecule has 3 saturated heterocycles. The molecule has 0 aliphatic carbocycles. The molecule has 7 heteroatoms. The normalized spacial score (nSPS) is 36.4. The molecule has 0 aromatic carbocycles. The van der Waals surface area contributed by atoms with Gasteiger partial charge < -0.3 is 10.2 Å². The fourth-order valence-corrected chi connectivity index (χ4v) is 5.31. The Morgan fingerprint density at radius 3 is 2.90 bits per heavy atom. The minimum Gasteiger partial charge on any atom is -0.337 e. The smallest absolute Gasteiger partial charge is 0.224 e. The third-order valence-corrected chi connectivity index (χ3v) is 6.72. The number of fused-ring (bicyclic) bond motifs is 1. The minimum absolute atomic E-state index is 0.0938. The summed E-state index contributed by atoms with van der Waals surface area (Å²) >= 11 is 0. The first-order valence-corrected chi connectivity index (χ1v) is 9.74. The number of amides is 1. The highest BCUT2D eigenvalue weighted by atomic mass is 32.2. The zero-order valence-corrected chi connectivity index (χ0v) is 13.4. The molecule has 3 atom stereocenters. The summed E-state index contributed by atoms with van der Waals surface area (Å²) < 4.78 is 23.3. The van der Waals surface area contributed by atoms with Crippen LogP contribution in [0.3, 0.4) is 0 Å². The number of carbonyl (C=O) groups is 1. The van der Waals surface area contributed by atoms with Crippen molar-refractivity contribution < 1.29 is 13.2 Å². The van der Waals surface area contributed by atoms with Crippen LogP contribution in [0.5, 0.6) is 0 Å². The fourth-order valence-electron chi connectivity index (χ4n) is 3.86. The van der Waals surface area contributed by atoms with Crippen molar-refractivity contribution in [2.45, 2.75) is 44.3 Å². The van der Waals surface area contributed by atoms with Crippen LogP contribution in [0.15, 0.2) is 0 Å². The summed E-state index contributed by atoms with van der Waals surface area (Å²) in [5.41, 5.74) is 0. The second-order valence-electron chi connectivity index (χ2n) is 6.66. The highest BCUT2D eigenvalue weighted by Gasteiger charge is 2.37. The van der Waals surface area contributed by atoms with Crippen molar-refractivity contribution >= 4 is 15.7 Å². The Morgan fingerprint density at radius 1 is 1.33 bits per heavy atom. The maximum atomic E-state index is 12.5. The van der Waals surface area contributed by atoms with Gasteiger partial charge >= 0.3 is 0 Å². The van der Waals surface area contributed by atoms with Gasteiger partial charge in [-0.15, -0.1) is 0 Å². The van der Waals surface area contributed by atoms with Gasteiger partial charge in [-0.05, 0) is 26.3 Å². The summed E-state index contributed by atoms with van der Waals surface area (Å²) in [5.74, 6) is 0.384. The Hall–Kier alpha value is -0.660. The van der Waals surface area contributed by atoms with Crippen molar-refractivity contribution in [2.75, 3.05) is 37.7 Å². The van der Waals surface area contributed by atoms with Gasteiger partial charge in [0, 0.05) is 44.2 Å². The second kappa shape index (κ2) is 5.85. The SMILES string of the molecule is CC1CN2CCCC2CN1C(=O)CC1CS(=O)(=O)CCN1. The van der Waals surface area contributed by atoms with Gasteiger partial charge in [0.15, 0.2) is 9.84 Å². The van der Waals surface area contributed by atoms with Gasteiger partial charge in [0.25, 0.3) is 0 Å². The summed E-state index contributed by atoms with van der Waals surface area (Å²) in [6, 6.07) is 0.519. The number of piperazine rings is 1. The van der Waals surface area contributed by atoms with Crippen LogP contribution in [-0.4, -0.2) is 79.9 Å². The van der Waals surface area contributed by atoms with Crippen LogP contribution >= 0.6 is 0 Å². The number of carbonyl (C=O) groups excluding carboxylic acids is 1. The van der Waals surface area contributed by atoms with Crippen molar-refractivity contribution in [1.29, 1.82) is 0 Å². The summed E-state index contributed by atoms with van der Waals surface area (Å²) in [6.45, 7) is 5.47. The van der Waals surface area contributed by atoms with E-state index in [1.54, 1.807) is 0 Å². The molecular weight excluding hydrogens is 290 g/mol. The molecule has 3 aliphatic heterocycles. The third kappa shape index (κ3) is 3.40. The Kier molecular flexibility index (Phi) is 4.25. The molecule has 1 N–H and O–H groups in total. The molecule has 0 aromatic heterocycles. The van der Waals surface area contributed by atoms with Gasteiger partial charge in [0.2, 0.25) is 5.91 Å². The minimum atomic E-state index is -2.98. The van der Waals surface area contributed by atoms with E-state index in [4.69, 9.17) is 0 Å². The maximum absolute atomic E-state index is 12.5. The van der Waals surface area contributed by atoms with Crippen molar-refractivity contribution in [3.05, 3.63) is 0 Å². The number of nitrogens with zero attached hydrogens (tertiary/aromatic N) is 2. The zero-order chi connectivity index (χ0) is 15.0. The van der Waals surface area contributed by atoms with E-state index < -0.39 is 9.84 Å². The molecule has 0 bridgehead atoms. The quantitative estimate of drug-likeness (QED) is 0.741. The molecule has 3 unspecified atom stereocenters. The number of hydrogen-bond acceptors (Lipinski definition) is 5. The largest absolute Gasteiger partial charge is 0.337 e. The lowest BCUT2D eigenvalue weighted by atomic mass is 10.1. The third-order valence-electron chi connectivity index (χ3n) is 4.98. The predicted octanol–water partition coefficient (Wildman–Crippen LogP) is -0.542. The average molecular weight is 315 g/mol. The van der Waals surface area contributed by atoms with Crippen LogP contribution in [0.25, 0.3) is 0 Å². The number of sulfone groups is 1. The van der Waals surface area contributed by atoms with Crippen LogP contribution in [0.4, 0.5) is 0 Å². The van der Waals surface area contributed by atoms with Crippen LogP contribution in [0, 0.1) is 0 Å². The molecule has 3 rings (SSSR count). The molecule has 1 amide bonds.